The Morgan fingerprint density at radius 2 is 2.00 bits per heavy atom. The molecule has 0 saturated carbocycles. The van der Waals surface area contributed by atoms with Crippen LogP contribution in [0.1, 0.15) is 5.82 Å². The van der Waals surface area contributed by atoms with Crippen LogP contribution in [0, 0.1) is 0 Å². The van der Waals surface area contributed by atoms with Gasteiger partial charge in [0.1, 0.15) is 0 Å². The third-order valence-corrected chi connectivity index (χ3v) is 1.73. The number of hydrogen-bond donors (Lipinski definition) is 0. The van der Waals surface area contributed by atoms with E-state index in [1.165, 1.54) is 17.9 Å². The maximum absolute atomic E-state index is 12.2. The lowest BCUT2D eigenvalue weighted by molar-refractivity contribution is -0.144. The first kappa shape index (κ1) is 8.92. The van der Waals surface area contributed by atoms with Gasteiger partial charge in [0.15, 0.2) is 5.65 Å². The Morgan fingerprint density at radius 1 is 1.29 bits per heavy atom. The molecule has 2 heterocycles. The number of aryl methyl sites for hydroxylation is 1. The molecule has 74 valence electrons. The molecule has 0 amide bonds. The molecule has 0 bridgehead atoms. The molecule has 0 saturated heterocycles. The predicted octanol–water partition coefficient (Wildman–Crippen LogP) is 1.38. The van der Waals surface area contributed by atoms with Crippen molar-refractivity contribution in [1.82, 2.24) is 19.7 Å². The standard InChI is InChI=1S/C7H5F3N4/c1-14-5-4(3-12-14)2-11-6(13-5)7(8,9)10/h2-3H,1H3. The van der Waals surface area contributed by atoms with Crippen molar-refractivity contribution in [3.05, 3.63) is 18.2 Å². The van der Waals surface area contributed by atoms with Crippen molar-refractivity contribution in [1.29, 1.82) is 0 Å². The van der Waals surface area contributed by atoms with Gasteiger partial charge in [0.2, 0.25) is 5.82 Å². The van der Waals surface area contributed by atoms with Crippen LogP contribution >= 0.6 is 0 Å². The van der Waals surface area contributed by atoms with E-state index in [1.54, 1.807) is 0 Å². The summed E-state index contributed by atoms with van der Waals surface area (Å²) < 4.78 is 37.9. The van der Waals surface area contributed by atoms with Crippen molar-refractivity contribution in [3.63, 3.8) is 0 Å². The average Bonchev–Trinajstić information content (AvgIpc) is 2.46. The number of alkyl halides is 3. The van der Waals surface area contributed by atoms with E-state index in [-0.39, 0.29) is 5.65 Å². The van der Waals surface area contributed by atoms with Crippen molar-refractivity contribution in [2.45, 2.75) is 6.18 Å². The third kappa shape index (κ3) is 1.30. The van der Waals surface area contributed by atoms with Gasteiger partial charge in [0, 0.05) is 13.2 Å². The maximum Gasteiger partial charge on any atom is 0.451 e. The molecule has 0 fully saturated rings. The van der Waals surface area contributed by atoms with E-state index in [0.29, 0.717) is 5.39 Å². The lowest BCUT2D eigenvalue weighted by atomic mass is 10.4. The second-order valence-electron chi connectivity index (χ2n) is 2.74. The fraction of sp³-hybridized carbons (Fsp3) is 0.286. The molecule has 4 nitrogen and oxygen atoms in total. The molecule has 7 heteroatoms. The Labute approximate surface area is 76.4 Å². The molecule has 0 aliphatic rings. The Bertz CT molecular complexity index is 473. The zero-order valence-electron chi connectivity index (χ0n) is 7.08. The fourth-order valence-electron chi connectivity index (χ4n) is 1.07. The average molecular weight is 202 g/mol. The summed E-state index contributed by atoms with van der Waals surface area (Å²) in [5.74, 6) is -1.14. The van der Waals surface area contributed by atoms with Crippen LogP contribution in [0.15, 0.2) is 12.4 Å². The van der Waals surface area contributed by atoms with E-state index in [9.17, 15) is 13.2 Å². The van der Waals surface area contributed by atoms with Gasteiger partial charge in [-0.3, -0.25) is 4.68 Å². The van der Waals surface area contributed by atoms with Gasteiger partial charge in [0.05, 0.1) is 11.6 Å². The topological polar surface area (TPSA) is 43.6 Å². The molecule has 14 heavy (non-hydrogen) atoms. The van der Waals surface area contributed by atoms with Gasteiger partial charge in [-0.25, -0.2) is 9.97 Å². The molecule has 0 aliphatic heterocycles. The number of halogens is 3. The molecule has 2 aromatic rings. The second-order valence-corrected chi connectivity index (χ2v) is 2.74. The van der Waals surface area contributed by atoms with Crippen LogP contribution in [0.5, 0.6) is 0 Å². The number of fused-ring (bicyclic) bond motifs is 1. The molecule has 2 rings (SSSR count). The molecule has 0 radical (unpaired) electrons. The lowest BCUT2D eigenvalue weighted by Crippen LogP contribution is -2.11. The molecule has 0 spiro atoms. The molecule has 0 unspecified atom stereocenters. The highest BCUT2D eigenvalue weighted by Gasteiger charge is 2.34. The Kier molecular flexibility index (Phi) is 1.70. The van der Waals surface area contributed by atoms with Gasteiger partial charge in [0.25, 0.3) is 0 Å². The van der Waals surface area contributed by atoms with Gasteiger partial charge in [-0.2, -0.15) is 18.3 Å². The summed E-state index contributed by atoms with van der Waals surface area (Å²) in [4.78, 5) is 6.57. The highest BCUT2D eigenvalue weighted by molar-refractivity contribution is 5.73. The number of nitrogens with zero attached hydrogens (tertiary/aromatic N) is 4. The van der Waals surface area contributed by atoms with Crippen LogP contribution in [0.3, 0.4) is 0 Å². The van der Waals surface area contributed by atoms with Gasteiger partial charge in [-0.1, -0.05) is 0 Å². The number of hydrogen-bond acceptors (Lipinski definition) is 3. The largest absolute Gasteiger partial charge is 0.451 e. The summed E-state index contributed by atoms with van der Waals surface area (Å²) in [6.45, 7) is 0. The SMILES string of the molecule is Cn1ncc2cnc(C(F)(F)F)nc21. The van der Waals surface area contributed by atoms with E-state index in [4.69, 9.17) is 0 Å². The first-order valence-corrected chi connectivity index (χ1v) is 3.70. The van der Waals surface area contributed by atoms with Gasteiger partial charge in [-0.05, 0) is 0 Å². The fourth-order valence-corrected chi connectivity index (χ4v) is 1.07. The monoisotopic (exact) mass is 202 g/mol. The summed E-state index contributed by atoms with van der Waals surface area (Å²) in [5.41, 5.74) is 0.173. The molecule has 0 aliphatic carbocycles. The Hall–Kier alpha value is -1.66. The van der Waals surface area contributed by atoms with Crippen molar-refractivity contribution >= 4 is 11.0 Å². The zero-order valence-corrected chi connectivity index (χ0v) is 7.08. The Morgan fingerprint density at radius 3 is 2.64 bits per heavy atom. The summed E-state index contributed by atoms with van der Waals surface area (Å²) >= 11 is 0. The predicted molar refractivity (Wildman–Crippen MR) is 41.3 cm³/mol. The lowest BCUT2D eigenvalue weighted by Gasteiger charge is -2.03. The van der Waals surface area contributed by atoms with Crippen molar-refractivity contribution < 1.29 is 13.2 Å². The first-order chi connectivity index (χ1) is 6.48. The van der Waals surface area contributed by atoms with Crippen LogP contribution < -0.4 is 0 Å². The summed E-state index contributed by atoms with van der Waals surface area (Å²) in [7, 11) is 1.52. The number of aromatic nitrogens is 4. The molecule has 0 aromatic carbocycles. The van der Waals surface area contributed by atoms with Crippen LogP contribution in [-0.4, -0.2) is 19.7 Å². The van der Waals surface area contributed by atoms with E-state index in [0.717, 1.165) is 6.20 Å². The zero-order chi connectivity index (χ0) is 10.3. The smallest absolute Gasteiger partial charge is 0.250 e. The maximum atomic E-state index is 12.2. The number of rotatable bonds is 0. The van der Waals surface area contributed by atoms with Crippen LogP contribution in [0.4, 0.5) is 13.2 Å². The van der Waals surface area contributed by atoms with Gasteiger partial charge >= 0.3 is 6.18 Å². The van der Waals surface area contributed by atoms with Gasteiger partial charge < -0.3 is 0 Å². The van der Waals surface area contributed by atoms with Gasteiger partial charge in [-0.15, -0.1) is 0 Å². The quantitative estimate of drug-likeness (QED) is 0.648. The molecule has 2 aromatic heterocycles. The normalized spacial score (nSPS) is 12.3. The van der Waals surface area contributed by atoms with Crippen molar-refractivity contribution in [3.8, 4) is 0 Å². The summed E-state index contributed by atoms with van der Waals surface area (Å²) in [6.07, 6.45) is -1.99. The highest BCUT2D eigenvalue weighted by Crippen LogP contribution is 2.26. The minimum absolute atomic E-state index is 0.173. The van der Waals surface area contributed by atoms with E-state index in [1.807, 2.05) is 0 Å². The molecule has 0 N–H and O–H groups in total. The van der Waals surface area contributed by atoms with Crippen LogP contribution in [-0.2, 0) is 13.2 Å². The Balaban J connectivity index is 2.66. The second kappa shape index (κ2) is 2.66. The van der Waals surface area contributed by atoms with E-state index >= 15 is 0 Å². The van der Waals surface area contributed by atoms with E-state index < -0.39 is 12.0 Å². The molecular formula is C7H5F3N4. The third-order valence-electron chi connectivity index (χ3n) is 1.73. The highest BCUT2D eigenvalue weighted by atomic mass is 19.4. The van der Waals surface area contributed by atoms with Crippen molar-refractivity contribution in [2.75, 3.05) is 0 Å². The molecular weight excluding hydrogens is 197 g/mol. The van der Waals surface area contributed by atoms with Crippen LogP contribution in [0.25, 0.3) is 11.0 Å². The summed E-state index contributed by atoms with van der Waals surface area (Å²) in [6, 6.07) is 0. The van der Waals surface area contributed by atoms with Crippen molar-refractivity contribution in [2.24, 2.45) is 7.05 Å². The molecule has 0 atom stereocenters. The first-order valence-electron chi connectivity index (χ1n) is 3.70. The van der Waals surface area contributed by atoms with E-state index in [2.05, 4.69) is 15.1 Å². The van der Waals surface area contributed by atoms with Crippen LogP contribution in [0.2, 0.25) is 0 Å². The summed E-state index contributed by atoms with van der Waals surface area (Å²) in [5, 5.41) is 4.25. The minimum Gasteiger partial charge on any atom is -0.250 e. The minimum atomic E-state index is -4.52.